The largest absolute Gasteiger partial charge is 0.0845 e. The van der Waals surface area contributed by atoms with Crippen LogP contribution in [0.25, 0.3) is 0 Å². The second-order valence-electron chi connectivity index (χ2n) is 4.77. The van der Waals surface area contributed by atoms with Gasteiger partial charge in [0, 0.05) is 0 Å². The van der Waals surface area contributed by atoms with Gasteiger partial charge in [-0.3, -0.25) is 0 Å². The molecule has 1 aliphatic carbocycles. The standard InChI is InChI=1S/C20H26/c1-2-4-6-8-10-12-14-16-18-20-19-17-15-13-11-9-7-5-3-1/h1-14H,15-20H2/b2-1+,5-3-,6-4+,9-7+,10-8-,13-11?,14-12+. The fourth-order valence-corrected chi connectivity index (χ4v) is 1.87. The van der Waals surface area contributed by atoms with Gasteiger partial charge in [-0.25, -0.2) is 0 Å². The molecule has 0 atom stereocenters. The molecule has 0 radical (unpaired) electrons. The Balaban J connectivity index is 2.45. The van der Waals surface area contributed by atoms with E-state index in [2.05, 4.69) is 48.6 Å². The first-order valence-electron chi connectivity index (χ1n) is 7.65. The van der Waals surface area contributed by atoms with Crippen LogP contribution in [0.1, 0.15) is 38.5 Å². The van der Waals surface area contributed by atoms with Gasteiger partial charge in [0.05, 0.1) is 0 Å². The molecule has 0 spiro atoms. The molecule has 20 heavy (non-hydrogen) atoms. The van der Waals surface area contributed by atoms with E-state index in [1.165, 1.54) is 38.5 Å². The van der Waals surface area contributed by atoms with Crippen LogP contribution >= 0.6 is 0 Å². The van der Waals surface area contributed by atoms with Crippen LogP contribution in [0, 0.1) is 0 Å². The van der Waals surface area contributed by atoms with Crippen LogP contribution in [-0.2, 0) is 0 Å². The molecule has 0 aliphatic heterocycles. The second kappa shape index (κ2) is 13.6. The highest BCUT2D eigenvalue weighted by Crippen LogP contribution is 2.06. The zero-order chi connectivity index (χ0) is 14.1. The third kappa shape index (κ3) is 11.3. The molecule has 1 aliphatic rings. The highest BCUT2D eigenvalue weighted by molar-refractivity contribution is 5.20. The lowest BCUT2D eigenvalue weighted by atomic mass is 10.1. The normalized spacial score (nSPS) is 28.0. The van der Waals surface area contributed by atoms with Gasteiger partial charge in [-0.05, 0) is 25.7 Å². The third-order valence-corrected chi connectivity index (χ3v) is 2.99. The molecule has 0 N–H and O–H groups in total. The summed E-state index contributed by atoms with van der Waals surface area (Å²) in [6.07, 6.45) is 37.0. The molecule has 106 valence electrons. The zero-order valence-electron chi connectivity index (χ0n) is 12.3. The first-order valence-corrected chi connectivity index (χ1v) is 7.65. The monoisotopic (exact) mass is 266 g/mol. The molecule has 0 fully saturated rings. The van der Waals surface area contributed by atoms with E-state index in [0.29, 0.717) is 0 Å². The van der Waals surface area contributed by atoms with Crippen molar-refractivity contribution in [3.8, 4) is 0 Å². The molecule has 0 aromatic heterocycles. The highest BCUT2D eigenvalue weighted by atomic mass is 13.9. The van der Waals surface area contributed by atoms with Crippen molar-refractivity contribution in [1.29, 1.82) is 0 Å². The number of hydrogen-bond donors (Lipinski definition) is 0. The van der Waals surface area contributed by atoms with E-state index in [4.69, 9.17) is 0 Å². The Morgan fingerprint density at radius 2 is 0.600 bits per heavy atom. The summed E-state index contributed by atoms with van der Waals surface area (Å²) in [5.74, 6) is 0. The maximum Gasteiger partial charge on any atom is -0.0348 e. The number of rotatable bonds is 0. The van der Waals surface area contributed by atoms with Crippen molar-refractivity contribution >= 4 is 0 Å². The summed E-state index contributed by atoms with van der Waals surface area (Å²) in [5, 5.41) is 0. The van der Waals surface area contributed by atoms with E-state index in [0.717, 1.165) is 0 Å². The van der Waals surface area contributed by atoms with Crippen LogP contribution < -0.4 is 0 Å². The average molecular weight is 266 g/mol. The summed E-state index contributed by atoms with van der Waals surface area (Å²) in [4.78, 5) is 0. The Morgan fingerprint density at radius 3 is 0.950 bits per heavy atom. The predicted octanol–water partition coefficient (Wildman–Crippen LogP) is 6.23. The molecule has 0 heteroatoms. The van der Waals surface area contributed by atoms with Crippen LogP contribution in [0.3, 0.4) is 0 Å². The molecular weight excluding hydrogens is 240 g/mol. The third-order valence-electron chi connectivity index (χ3n) is 2.99. The molecule has 0 aromatic carbocycles. The first-order chi connectivity index (χ1) is 10.0. The molecule has 0 amide bonds. The molecule has 0 unspecified atom stereocenters. The van der Waals surface area contributed by atoms with Crippen molar-refractivity contribution in [3.05, 3.63) is 85.1 Å². The van der Waals surface area contributed by atoms with Gasteiger partial charge < -0.3 is 0 Å². The van der Waals surface area contributed by atoms with E-state index in [1.807, 2.05) is 36.5 Å². The minimum atomic E-state index is 1.19. The van der Waals surface area contributed by atoms with Crippen molar-refractivity contribution < 1.29 is 0 Å². The fraction of sp³-hybridized carbons (Fsp3) is 0.300. The molecule has 0 saturated heterocycles. The van der Waals surface area contributed by atoms with Gasteiger partial charge in [-0.15, -0.1) is 0 Å². The Kier molecular flexibility index (Phi) is 11.0. The van der Waals surface area contributed by atoms with Crippen molar-refractivity contribution in [2.24, 2.45) is 0 Å². The van der Waals surface area contributed by atoms with Crippen molar-refractivity contribution in [2.45, 2.75) is 38.5 Å². The summed E-state index contributed by atoms with van der Waals surface area (Å²) >= 11 is 0. The smallest absolute Gasteiger partial charge is 0.0348 e. The first kappa shape index (κ1) is 16.2. The summed E-state index contributed by atoms with van der Waals surface area (Å²) in [6, 6.07) is 0. The van der Waals surface area contributed by atoms with Gasteiger partial charge in [0.15, 0.2) is 0 Å². The van der Waals surface area contributed by atoms with Crippen LogP contribution in [0.4, 0.5) is 0 Å². The quantitative estimate of drug-likeness (QED) is 0.487. The lowest BCUT2D eigenvalue weighted by Crippen LogP contribution is -1.76. The molecule has 1 rings (SSSR count). The van der Waals surface area contributed by atoms with Gasteiger partial charge in [0.25, 0.3) is 0 Å². The van der Waals surface area contributed by atoms with E-state index < -0.39 is 0 Å². The Bertz CT molecular complexity index is 371. The van der Waals surface area contributed by atoms with Crippen molar-refractivity contribution in [1.82, 2.24) is 0 Å². The van der Waals surface area contributed by atoms with E-state index in [9.17, 15) is 0 Å². The molecular formula is C20H26. The molecule has 0 bridgehead atoms. The minimum absolute atomic E-state index is 1.19. The Morgan fingerprint density at radius 1 is 0.300 bits per heavy atom. The summed E-state index contributed by atoms with van der Waals surface area (Å²) in [6.45, 7) is 0. The molecule has 0 saturated carbocycles. The minimum Gasteiger partial charge on any atom is -0.0845 e. The predicted molar refractivity (Wildman–Crippen MR) is 91.7 cm³/mol. The Hall–Kier alpha value is -1.82. The highest BCUT2D eigenvalue weighted by Gasteiger charge is 1.86. The second-order valence-corrected chi connectivity index (χ2v) is 4.77. The molecule has 0 nitrogen and oxygen atoms in total. The van der Waals surface area contributed by atoms with E-state index in [-0.39, 0.29) is 0 Å². The summed E-state index contributed by atoms with van der Waals surface area (Å²) in [5.41, 5.74) is 0. The zero-order valence-corrected chi connectivity index (χ0v) is 12.3. The lowest BCUT2D eigenvalue weighted by molar-refractivity contribution is 0.652. The fourth-order valence-electron chi connectivity index (χ4n) is 1.87. The van der Waals surface area contributed by atoms with Gasteiger partial charge in [0.2, 0.25) is 0 Å². The number of hydrogen-bond acceptors (Lipinski definition) is 0. The average Bonchev–Trinajstić information content (AvgIpc) is 2.46. The summed E-state index contributed by atoms with van der Waals surface area (Å²) < 4.78 is 0. The maximum absolute atomic E-state index is 2.26. The topological polar surface area (TPSA) is 0 Å². The Labute approximate surface area is 124 Å². The van der Waals surface area contributed by atoms with E-state index in [1.54, 1.807) is 0 Å². The molecule has 0 heterocycles. The van der Waals surface area contributed by atoms with E-state index >= 15 is 0 Å². The van der Waals surface area contributed by atoms with Crippen molar-refractivity contribution in [2.75, 3.05) is 0 Å². The van der Waals surface area contributed by atoms with Crippen LogP contribution in [0.15, 0.2) is 85.1 Å². The van der Waals surface area contributed by atoms with Gasteiger partial charge >= 0.3 is 0 Å². The number of allylic oxidation sites excluding steroid dienone is 14. The molecule has 0 aromatic rings. The summed E-state index contributed by atoms with van der Waals surface area (Å²) in [7, 11) is 0. The van der Waals surface area contributed by atoms with Crippen LogP contribution in [0.5, 0.6) is 0 Å². The van der Waals surface area contributed by atoms with Crippen LogP contribution in [0.2, 0.25) is 0 Å². The van der Waals surface area contributed by atoms with Gasteiger partial charge in [0.1, 0.15) is 0 Å². The van der Waals surface area contributed by atoms with Crippen LogP contribution in [-0.4, -0.2) is 0 Å². The van der Waals surface area contributed by atoms with Gasteiger partial charge in [-0.1, -0.05) is 97.9 Å². The van der Waals surface area contributed by atoms with Crippen molar-refractivity contribution in [3.63, 3.8) is 0 Å². The van der Waals surface area contributed by atoms with Gasteiger partial charge in [-0.2, -0.15) is 0 Å². The SMILES string of the molecule is C1=CCCCCCC/C=C/C=C\C=C\C=C\C=C/C=C/1. The maximum atomic E-state index is 2.26. The lowest BCUT2D eigenvalue weighted by Gasteiger charge is -1.96.